The molecule has 0 aliphatic rings. The van der Waals surface area contributed by atoms with Crippen LogP contribution < -0.4 is 0 Å². The van der Waals surface area contributed by atoms with Gasteiger partial charge in [0.25, 0.3) is 0 Å². The van der Waals surface area contributed by atoms with Gasteiger partial charge in [0.05, 0.1) is 28.0 Å². The van der Waals surface area contributed by atoms with Gasteiger partial charge in [-0.1, -0.05) is 154 Å². The Morgan fingerprint density at radius 1 is 0.492 bits per heavy atom. The maximum atomic E-state index is 12.0. The molecule has 0 bridgehead atoms. The Balaban J connectivity index is 1.21. The number of phenols is 1. The Morgan fingerprint density at radius 3 is 1.83 bits per heavy atom. The van der Waals surface area contributed by atoms with Gasteiger partial charge in [-0.3, -0.25) is 9.55 Å². The summed E-state index contributed by atoms with van der Waals surface area (Å²) in [4.78, 5) is 10.3. The number of aryl methyl sites for hydroxylation is 3. The topological polar surface area (TPSA) is 50.9 Å². The predicted molar refractivity (Wildman–Crippen MR) is 271 cm³/mol. The number of hydrogen-bond donors (Lipinski definition) is 1. The molecular weight excluding hydrogens is 791 g/mol. The third-order valence-electron chi connectivity index (χ3n) is 12.0. The maximum absolute atomic E-state index is 12.0. The molecule has 1 N–H and O–H groups in total. The summed E-state index contributed by atoms with van der Waals surface area (Å²) in [6.45, 7) is -8.87. The van der Waals surface area contributed by atoms with Crippen LogP contribution >= 0.6 is 0 Å². The number of fused-ring (bicyclic) bond motifs is 1. The van der Waals surface area contributed by atoms with E-state index in [0.29, 0.717) is 61.6 Å². The van der Waals surface area contributed by atoms with Gasteiger partial charge in [0.2, 0.25) is 0 Å². The van der Waals surface area contributed by atoms with E-state index in [0.717, 1.165) is 44.5 Å². The van der Waals surface area contributed by atoms with Gasteiger partial charge in [0, 0.05) is 39.3 Å². The summed E-state index contributed by atoms with van der Waals surface area (Å²) >= 11 is 0. The van der Waals surface area contributed by atoms with E-state index in [1.165, 1.54) is 24.3 Å². The molecule has 0 radical (unpaired) electrons. The zero-order chi connectivity index (χ0) is 54.8. The van der Waals surface area contributed by atoms with Crippen molar-refractivity contribution in [2.75, 3.05) is 0 Å². The molecule has 0 aliphatic heterocycles. The first-order chi connectivity index (χ1) is 36.5. The van der Waals surface area contributed by atoms with Crippen molar-refractivity contribution in [3.05, 3.63) is 217 Å². The van der Waals surface area contributed by atoms with Crippen molar-refractivity contribution in [1.29, 1.82) is 0 Å². The number of rotatable bonds is 8. The monoisotopic (exact) mass is 853 g/mol. The van der Waals surface area contributed by atoms with E-state index in [2.05, 4.69) is 6.07 Å². The van der Waals surface area contributed by atoms with Crippen molar-refractivity contribution in [3.63, 3.8) is 0 Å². The summed E-state index contributed by atoms with van der Waals surface area (Å²) in [7, 11) is 0. The van der Waals surface area contributed by atoms with Crippen LogP contribution in [-0.2, 0) is 5.41 Å². The Morgan fingerprint density at radius 2 is 1.14 bits per heavy atom. The summed E-state index contributed by atoms with van der Waals surface area (Å²) in [5.41, 5.74) is 9.20. The van der Waals surface area contributed by atoms with Crippen LogP contribution in [0.3, 0.4) is 0 Å². The zero-order valence-corrected chi connectivity index (χ0v) is 35.8. The molecule has 316 valence electrons. The summed E-state index contributed by atoms with van der Waals surface area (Å²) in [6, 6.07) is 57.7. The molecule has 4 nitrogen and oxygen atoms in total. The van der Waals surface area contributed by atoms with Gasteiger partial charge >= 0.3 is 0 Å². The Kier molecular flexibility index (Phi) is 7.59. The lowest BCUT2D eigenvalue weighted by Crippen LogP contribution is -2.10. The van der Waals surface area contributed by atoms with Crippen LogP contribution in [0.2, 0.25) is 0 Å². The van der Waals surface area contributed by atoms with Gasteiger partial charge < -0.3 is 5.11 Å². The van der Waals surface area contributed by atoms with Gasteiger partial charge in [0.15, 0.2) is 0 Å². The lowest BCUT2D eigenvalue weighted by Gasteiger charge is -2.19. The molecule has 65 heavy (non-hydrogen) atoms. The van der Waals surface area contributed by atoms with Crippen molar-refractivity contribution >= 4 is 11.0 Å². The smallest absolute Gasteiger partial charge is 0.149 e. The van der Waals surface area contributed by atoms with Crippen LogP contribution in [0.4, 0.5) is 0 Å². The molecule has 0 fully saturated rings. The minimum absolute atomic E-state index is 0.0532. The zero-order valence-electron chi connectivity index (χ0n) is 47.8. The van der Waals surface area contributed by atoms with Crippen LogP contribution in [0.1, 0.15) is 59.3 Å². The minimum atomic E-state index is -3.40. The summed E-state index contributed by atoms with van der Waals surface area (Å²) in [5, 5.41) is 12.0. The average Bonchev–Trinajstić information content (AvgIpc) is 3.81. The summed E-state index contributed by atoms with van der Waals surface area (Å²) < 4.78 is 102. The predicted octanol–water partition coefficient (Wildman–Crippen LogP) is 16.0. The van der Waals surface area contributed by atoms with Crippen molar-refractivity contribution < 1.29 is 21.6 Å². The molecule has 10 aromatic rings. The Labute approximate surface area is 399 Å². The fourth-order valence-corrected chi connectivity index (χ4v) is 8.77. The number of aromatic nitrogens is 3. The van der Waals surface area contributed by atoms with Crippen LogP contribution in [0.5, 0.6) is 5.75 Å². The van der Waals surface area contributed by atoms with Gasteiger partial charge in [-0.2, -0.15) is 0 Å². The third kappa shape index (κ3) is 7.93. The van der Waals surface area contributed by atoms with Crippen LogP contribution in [-0.4, -0.2) is 19.6 Å². The van der Waals surface area contributed by atoms with E-state index >= 15 is 0 Å². The quantitative estimate of drug-likeness (QED) is 0.166. The van der Waals surface area contributed by atoms with E-state index in [4.69, 9.17) is 26.4 Å². The summed E-state index contributed by atoms with van der Waals surface area (Å²) in [5.74, 6) is 0.487. The number of nitrogens with zero attached hydrogens (tertiary/aromatic N) is 3. The average molecular weight is 854 g/mol. The molecule has 4 heteroatoms. The fraction of sp³-hybridized carbons (Fsp3) is 0.115. The lowest BCUT2D eigenvalue weighted by atomic mass is 9.86. The largest absolute Gasteiger partial charge is 0.507 e. The van der Waals surface area contributed by atoms with E-state index in [9.17, 15) is 5.11 Å². The molecule has 0 saturated carbocycles. The van der Waals surface area contributed by atoms with Crippen molar-refractivity contribution in [2.45, 2.75) is 46.7 Å². The van der Waals surface area contributed by atoms with E-state index < -0.39 is 32.8 Å². The number of aromatic hydroxyl groups is 1. The number of phenolic OH excluding ortho intramolecular Hbond substituents is 1. The molecule has 0 saturated heterocycles. The highest BCUT2D eigenvalue weighted by molar-refractivity contribution is 5.99. The number of para-hydroxylation sites is 1. The van der Waals surface area contributed by atoms with Crippen molar-refractivity contribution in [3.8, 4) is 89.7 Å². The van der Waals surface area contributed by atoms with Crippen molar-refractivity contribution in [2.24, 2.45) is 0 Å². The fourth-order valence-electron chi connectivity index (χ4n) is 8.77. The first kappa shape index (κ1) is 29.5. The minimum Gasteiger partial charge on any atom is -0.507 e. The lowest BCUT2D eigenvalue weighted by molar-refractivity contribution is 0.472. The molecule has 0 aliphatic carbocycles. The van der Waals surface area contributed by atoms with Gasteiger partial charge in [-0.15, -0.1) is 0 Å². The molecular formula is C61H51N3O. The molecule has 0 amide bonds. The van der Waals surface area contributed by atoms with Crippen LogP contribution in [0.25, 0.3) is 95.0 Å². The highest BCUT2D eigenvalue weighted by Gasteiger charge is 2.24. The normalized spacial score (nSPS) is 15.1. The molecule has 10 rings (SSSR count). The van der Waals surface area contributed by atoms with Crippen molar-refractivity contribution in [1.82, 2.24) is 14.5 Å². The van der Waals surface area contributed by atoms with E-state index in [1.54, 1.807) is 18.3 Å². The Bertz CT molecular complexity index is 3790. The second kappa shape index (κ2) is 16.7. The number of imidazole rings is 1. The highest BCUT2D eigenvalue weighted by atomic mass is 16.3. The molecule has 0 unspecified atom stereocenters. The SMILES string of the molecule is [2H]C([2H])([2H])c1cc(-c2ccccc2)c(-n2c(-c3cc(C)cc(C)c3O)nc3c(-c4cc(-c5ccccc5)cc(-c5cc(-c6ccc(C(C([2H])([2H])[2H])(C([2H])([2H])[2H])C([2H])([2H])[2H])cc6)ccn5)c4)cccc32)cc1-c1ccccc1. The molecule has 0 spiro atoms. The second-order valence-corrected chi connectivity index (χ2v) is 16.5. The molecule has 8 aromatic carbocycles. The Hall–Kier alpha value is -7.82. The number of benzene rings is 8. The van der Waals surface area contributed by atoms with Gasteiger partial charge in [-0.05, 0) is 147 Å². The summed E-state index contributed by atoms with van der Waals surface area (Å²) in [6.07, 6.45) is 1.64. The molecule has 2 aromatic heterocycles. The third-order valence-corrected chi connectivity index (χ3v) is 12.0. The van der Waals surface area contributed by atoms with Crippen LogP contribution in [0.15, 0.2) is 194 Å². The molecule has 0 atom stereocenters. The van der Waals surface area contributed by atoms with Crippen LogP contribution in [0, 0.1) is 20.7 Å². The number of pyridine rings is 1. The van der Waals surface area contributed by atoms with E-state index in [1.807, 2.05) is 164 Å². The second-order valence-electron chi connectivity index (χ2n) is 16.5. The highest BCUT2D eigenvalue weighted by Crippen LogP contribution is 2.44. The number of hydrogen-bond acceptors (Lipinski definition) is 3. The maximum Gasteiger partial charge on any atom is 0.149 e. The van der Waals surface area contributed by atoms with Gasteiger partial charge in [0.1, 0.15) is 11.6 Å². The van der Waals surface area contributed by atoms with E-state index in [-0.39, 0.29) is 16.9 Å². The van der Waals surface area contributed by atoms with Gasteiger partial charge in [-0.25, -0.2) is 4.98 Å². The first-order valence-corrected chi connectivity index (χ1v) is 21.4. The first-order valence-electron chi connectivity index (χ1n) is 27.4. The molecule has 2 heterocycles. The standard InChI is InChI=1S/C61H51N3O/c1-39-31-41(3)59(65)54(32-39)60-63-58-51(23-16-24-56(58)64(60)57-38-52(44-19-12-8-13-20-44)40(2)33-53(57)45-21-14-9-15-22-45)48-34-47(42-17-10-7-11-18-42)35-49(36-48)55-37-46(29-30-62-55)43-25-27-50(28-26-43)61(4,5)6/h7-38,65H,1-6H3/i2D3,4D3,5D3,6D3.